The van der Waals surface area contributed by atoms with Gasteiger partial charge in [0.25, 0.3) is 5.91 Å². The predicted octanol–water partition coefficient (Wildman–Crippen LogP) is 2.98. The summed E-state index contributed by atoms with van der Waals surface area (Å²) in [6, 6.07) is 9.31. The van der Waals surface area contributed by atoms with Gasteiger partial charge in [-0.1, -0.05) is 44.2 Å². The van der Waals surface area contributed by atoms with E-state index in [1.165, 1.54) is 6.92 Å². The quantitative estimate of drug-likeness (QED) is 0.677. The lowest BCUT2D eigenvalue weighted by Crippen LogP contribution is -2.39. The zero-order valence-electron chi connectivity index (χ0n) is 15.2. The third-order valence-electron chi connectivity index (χ3n) is 4.26. The SMILES string of the molecule is CC(=O)c1c(C)[nH]c(C(=O)NC(CO)Cc2ccccc2)c1C(C)C. The Morgan fingerprint density at radius 2 is 1.84 bits per heavy atom. The molecule has 2 aromatic rings. The molecule has 0 aliphatic heterocycles. The fourth-order valence-electron chi connectivity index (χ4n) is 3.17. The molecule has 1 aromatic heterocycles. The van der Waals surface area contributed by atoms with Crippen molar-refractivity contribution in [2.24, 2.45) is 0 Å². The number of aryl methyl sites for hydroxylation is 1. The topological polar surface area (TPSA) is 82.2 Å². The van der Waals surface area contributed by atoms with Gasteiger partial charge in [-0.2, -0.15) is 0 Å². The number of aromatic nitrogens is 1. The van der Waals surface area contributed by atoms with Crippen LogP contribution in [0.3, 0.4) is 0 Å². The van der Waals surface area contributed by atoms with Crippen molar-refractivity contribution in [2.75, 3.05) is 6.61 Å². The zero-order chi connectivity index (χ0) is 18.6. The van der Waals surface area contributed by atoms with Gasteiger partial charge in [0.05, 0.1) is 12.6 Å². The second kappa shape index (κ2) is 8.12. The second-order valence-corrected chi connectivity index (χ2v) is 6.67. The molecule has 1 aromatic carbocycles. The van der Waals surface area contributed by atoms with Crippen LogP contribution < -0.4 is 5.32 Å². The van der Waals surface area contributed by atoms with Crippen molar-refractivity contribution in [3.8, 4) is 0 Å². The number of carbonyl (C=O) groups excluding carboxylic acids is 2. The van der Waals surface area contributed by atoms with Gasteiger partial charge in [-0.05, 0) is 37.3 Å². The smallest absolute Gasteiger partial charge is 0.268 e. The minimum atomic E-state index is -0.390. The van der Waals surface area contributed by atoms with Crippen LogP contribution in [-0.2, 0) is 6.42 Å². The van der Waals surface area contributed by atoms with Gasteiger partial charge >= 0.3 is 0 Å². The van der Waals surface area contributed by atoms with Crippen molar-refractivity contribution < 1.29 is 14.7 Å². The second-order valence-electron chi connectivity index (χ2n) is 6.67. The molecule has 134 valence electrons. The first-order valence-electron chi connectivity index (χ1n) is 8.54. The first kappa shape index (κ1) is 18.9. The number of hydrogen-bond acceptors (Lipinski definition) is 3. The molecule has 0 aliphatic carbocycles. The Morgan fingerprint density at radius 3 is 2.36 bits per heavy atom. The number of carbonyl (C=O) groups is 2. The molecule has 0 aliphatic rings. The molecular formula is C20H26N2O3. The molecular weight excluding hydrogens is 316 g/mol. The number of rotatable bonds is 7. The highest BCUT2D eigenvalue weighted by molar-refractivity contribution is 6.03. The summed E-state index contributed by atoms with van der Waals surface area (Å²) in [6.45, 7) is 7.07. The Bertz CT molecular complexity index is 748. The summed E-state index contributed by atoms with van der Waals surface area (Å²) in [4.78, 5) is 27.8. The highest BCUT2D eigenvalue weighted by Crippen LogP contribution is 2.27. The third-order valence-corrected chi connectivity index (χ3v) is 4.26. The largest absolute Gasteiger partial charge is 0.394 e. The molecule has 1 atom stereocenters. The van der Waals surface area contributed by atoms with Crippen molar-refractivity contribution in [3.05, 3.63) is 58.4 Å². The molecule has 5 heteroatoms. The fraction of sp³-hybridized carbons (Fsp3) is 0.400. The van der Waals surface area contributed by atoms with E-state index in [9.17, 15) is 14.7 Å². The molecule has 0 saturated carbocycles. The van der Waals surface area contributed by atoms with E-state index in [1.54, 1.807) is 6.92 Å². The van der Waals surface area contributed by atoms with Gasteiger partial charge < -0.3 is 15.4 Å². The summed E-state index contributed by atoms with van der Waals surface area (Å²) in [7, 11) is 0. The summed E-state index contributed by atoms with van der Waals surface area (Å²) in [6.07, 6.45) is 0.541. The van der Waals surface area contributed by atoms with E-state index in [2.05, 4.69) is 10.3 Å². The van der Waals surface area contributed by atoms with E-state index in [0.717, 1.165) is 11.1 Å². The van der Waals surface area contributed by atoms with Crippen LogP contribution in [-0.4, -0.2) is 34.4 Å². The van der Waals surface area contributed by atoms with Crippen LogP contribution in [0, 0.1) is 6.92 Å². The Balaban J connectivity index is 2.25. The normalized spacial score (nSPS) is 12.2. The highest BCUT2D eigenvalue weighted by Gasteiger charge is 2.25. The van der Waals surface area contributed by atoms with Crippen LogP contribution in [0.15, 0.2) is 30.3 Å². The highest BCUT2D eigenvalue weighted by atomic mass is 16.3. The van der Waals surface area contributed by atoms with Crippen LogP contribution >= 0.6 is 0 Å². The average Bonchev–Trinajstić information content (AvgIpc) is 2.93. The molecule has 5 nitrogen and oxygen atoms in total. The van der Waals surface area contributed by atoms with E-state index >= 15 is 0 Å². The van der Waals surface area contributed by atoms with Crippen LogP contribution in [0.25, 0.3) is 0 Å². The third kappa shape index (κ3) is 4.37. The molecule has 0 fully saturated rings. The van der Waals surface area contributed by atoms with Crippen LogP contribution in [0.5, 0.6) is 0 Å². The van der Waals surface area contributed by atoms with Crippen LogP contribution in [0.2, 0.25) is 0 Å². The standard InChI is InChI=1S/C20H26N2O3/c1-12(2)17-18(14(4)24)13(3)21-19(17)20(25)22-16(11-23)10-15-8-6-5-7-9-15/h5-9,12,16,21,23H,10-11H2,1-4H3,(H,22,25). The molecule has 2 rings (SSSR count). The summed E-state index contributed by atoms with van der Waals surface area (Å²) < 4.78 is 0. The molecule has 25 heavy (non-hydrogen) atoms. The summed E-state index contributed by atoms with van der Waals surface area (Å²) in [5.74, 6) is -0.319. The van der Waals surface area contributed by atoms with E-state index < -0.39 is 0 Å². The lowest BCUT2D eigenvalue weighted by molar-refractivity contribution is 0.0910. The van der Waals surface area contributed by atoms with Gasteiger partial charge in [0.1, 0.15) is 5.69 Å². The van der Waals surface area contributed by atoms with Gasteiger partial charge in [0.15, 0.2) is 5.78 Å². The number of aromatic amines is 1. The van der Waals surface area contributed by atoms with E-state index in [1.807, 2.05) is 44.2 Å². The Kier molecular flexibility index (Phi) is 6.15. The first-order valence-corrected chi connectivity index (χ1v) is 8.54. The molecule has 0 bridgehead atoms. The van der Waals surface area contributed by atoms with E-state index in [4.69, 9.17) is 0 Å². The minimum absolute atomic E-state index is 0.0336. The van der Waals surface area contributed by atoms with E-state index in [0.29, 0.717) is 23.4 Å². The number of hydrogen-bond donors (Lipinski definition) is 3. The number of aliphatic hydroxyl groups excluding tert-OH is 1. The molecule has 1 heterocycles. The summed E-state index contributed by atoms with van der Waals surface area (Å²) in [5.41, 5.74) is 3.47. The summed E-state index contributed by atoms with van der Waals surface area (Å²) >= 11 is 0. The number of ketones is 1. The van der Waals surface area contributed by atoms with Gasteiger partial charge in [0.2, 0.25) is 0 Å². The Hall–Kier alpha value is -2.40. The molecule has 3 N–H and O–H groups in total. The lowest BCUT2D eigenvalue weighted by atomic mass is 9.95. The maximum Gasteiger partial charge on any atom is 0.268 e. The maximum absolute atomic E-state index is 12.8. The molecule has 0 spiro atoms. The fourth-order valence-corrected chi connectivity index (χ4v) is 3.17. The molecule has 0 radical (unpaired) electrons. The number of H-pyrrole nitrogens is 1. The Morgan fingerprint density at radius 1 is 1.20 bits per heavy atom. The van der Waals surface area contributed by atoms with Crippen molar-refractivity contribution in [3.63, 3.8) is 0 Å². The zero-order valence-corrected chi connectivity index (χ0v) is 15.2. The number of aliphatic hydroxyl groups is 1. The van der Waals surface area contributed by atoms with Gasteiger partial charge in [0, 0.05) is 11.3 Å². The van der Waals surface area contributed by atoms with Crippen LogP contribution in [0.1, 0.15) is 64.4 Å². The van der Waals surface area contributed by atoms with Crippen molar-refractivity contribution in [1.29, 1.82) is 0 Å². The van der Waals surface area contributed by atoms with Crippen LogP contribution in [0.4, 0.5) is 0 Å². The van der Waals surface area contributed by atoms with Crippen molar-refractivity contribution in [2.45, 2.75) is 46.1 Å². The predicted molar refractivity (Wildman–Crippen MR) is 98.1 cm³/mol. The van der Waals surface area contributed by atoms with E-state index in [-0.39, 0.29) is 30.3 Å². The molecule has 1 amide bonds. The maximum atomic E-state index is 12.8. The van der Waals surface area contributed by atoms with Gasteiger partial charge in [-0.25, -0.2) is 0 Å². The molecule has 1 unspecified atom stereocenters. The summed E-state index contributed by atoms with van der Waals surface area (Å²) in [5, 5.41) is 12.5. The number of amides is 1. The van der Waals surface area contributed by atoms with Gasteiger partial charge in [-0.15, -0.1) is 0 Å². The van der Waals surface area contributed by atoms with Crippen molar-refractivity contribution >= 4 is 11.7 Å². The Labute approximate surface area is 148 Å². The molecule has 0 saturated heterocycles. The number of nitrogens with one attached hydrogen (secondary N) is 2. The number of Topliss-reactive ketones (excluding diaryl/α,β-unsaturated/α-hetero) is 1. The first-order chi connectivity index (χ1) is 11.8. The number of benzene rings is 1. The average molecular weight is 342 g/mol. The van der Waals surface area contributed by atoms with Gasteiger partial charge in [-0.3, -0.25) is 9.59 Å². The monoisotopic (exact) mass is 342 g/mol. The van der Waals surface area contributed by atoms with Crippen molar-refractivity contribution in [1.82, 2.24) is 10.3 Å². The lowest BCUT2D eigenvalue weighted by Gasteiger charge is -2.17. The minimum Gasteiger partial charge on any atom is -0.394 e.